The summed E-state index contributed by atoms with van der Waals surface area (Å²) >= 11 is 0. The number of ether oxygens (including phenoxy) is 3. The van der Waals surface area contributed by atoms with Crippen LogP contribution < -0.4 is 0 Å². The average Bonchev–Trinajstić information content (AvgIpc) is 3.42. The lowest BCUT2D eigenvalue weighted by atomic mass is 10.1. The van der Waals surface area contributed by atoms with Gasteiger partial charge < -0.3 is 24.4 Å². The lowest BCUT2D eigenvalue weighted by Crippen LogP contribution is -2.06. The van der Waals surface area contributed by atoms with Gasteiger partial charge in [0.25, 0.3) is 0 Å². The van der Waals surface area contributed by atoms with Crippen molar-refractivity contribution in [3.05, 3.63) is 41.5 Å². The lowest BCUT2D eigenvalue weighted by molar-refractivity contribution is 0.102. The largest absolute Gasteiger partial charge is 0.392 e. The minimum atomic E-state index is -0.00528. The number of aliphatic hydroxyl groups excluding tert-OH is 2. The van der Waals surface area contributed by atoms with Crippen molar-refractivity contribution in [1.82, 2.24) is 0 Å². The molecular weight excluding hydrogens is 272 g/mol. The summed E-state index contributed by atoms with van der Waals surface area (Å²) < 4.78 is 15.1. The van der Waals surface area contributed by atoms with Crippen molar-refractivity contribution in [1.29, 1.82) is 0 Å². The van der Waals surface area contributed by atoms with Gasteiger partial charge in [-0.25, -0.2) is 0 Å². The summed E-state index contributed by atoms with van der Waals surface area (Å²) in [5.74, 6) is 0. The molecule has 2 fully saturated rings. The van der Waals surface area contributed by atoms with Crippen LogP contribution in [0.1, 0.15) is 16.7 Å². The summed E-state index contributed by atoms with van der Waals surface area (Å²) in [6, 6.07) is 5.45. The minimum Gasteiger partial charge on any atom is -0.392 e. The van der Waals surface area contributed by atoms with E-state index in [4.69, 9.17) is 24.4 Å². The zero-order chi connectivity index (χ0) is 15.1. The Morgan fingerprint density at radius 3 is 1.86 bits per heavy atom. The van der Waals surface area contributed by atoms with E-state index >= 15 is 0 Å². The second kappa shape index (κ2) is 8.26. The van der Waals surface area contributed by atoms with Gasteiger partial charge in [-0.2, -0.15) is 0 Å². The third kappa shape index (κ3) is 6.37. The number of aliphatic hydroxyl groups is 2. The predicted molar refractivity (Wildman–Crippen MR) is 78.7 cm³/mol. The summed E-state index contributed by atoms with van der Waals surface area (Å²) in [4.78, 5) is 0. The molecule has 2 N–H and O–H groups in total. The van der Waals surface area contributed by atoms with E-state index in [1.165, 1.54) is 0 Å². The Hall–Kier alpha value is -1.24. The quantitative estimate of drug-likeness (QED) is 0.737. The van der Waals surface area contributed by atoms with Crippen LogP contribution in [0.15, 0.2) is 24.8 Å². The molecule has 0 aromatic heterocycles. The monoisotopic (exact) mass is 294 g/mol. The predicted octanol–water partition coefficient (Wildman–Crippen LogP) is 1.11. The van der Waals surface area contributed by atoms with Crippen LogP contribution in [0.25, 0.3) is 6.08 Å². The van der Waals surface area contributed by atoms with Gasteiger partial charge in [0.05, 0.1) is 39.6 Å². The van der Waals surface area contributed by atoms with Gasteiger partial charge in [-0.1, -0.05) is 18.7 Å². The van der Waals surface area contributed by atoms with E-state index in [9.17, 15) is 0 Å². The number of hydrogen-bond acceptors (Lipinski definition) is 5. The van der Waals surface area contributed by atoms with Crippen molar-refractivity contribution in [3.63, 3.8) is 0 Å². The molecule has 5 nitrogen and oxygen atoms in total. The number of benzene rings is 1. The van der Waals surface area contributed by atoms with Gasteiger partial charge in [0.1, 0.15) is 12.2 Å². The summed E-state index contributed by atoms with van der Waals surface area (Å²) in [5.41, 5.74) is 2.53. The minimum absolute atomic E-state index is 0.00528. The molecule has 2 aliphatic rings. The fourth-order valence-corrected chi connectivity index (χ4v) is 1.75. The first-order valence-electron chi connectivity index (χ1n) is 7.03. The van der Waals surface area contributed by atoms with Gasteiger partial charge in [-0.3, -0.25) is 0 Å². The Balaban J connectivity index is 0.000000159. The van der Waals surface area contributed by atoms with Crippen molar-refractivity contribution < 1.29 is 24.4 Å². The molecule has 0 radical (unpaired) electrons. The van der Waals surface area contributed by atoms with Crippen molar-refractivity contribution >= 4 is 6.08 Å². The smallest absolute Gasteiger partial charge is 0.104 e. The molecule has 2 saturated heterocycles. The topological polar surface area (TPSA) is 74.8 Å². The Bertz CT molecular complexity index is 418. The van der Waals surface area contributed by atoms with Crippen molar-refractivity contribution in [2.24, 2.45) is 0 Å². The molecule has 2 heterocycles. The molecular formula is C16H22O5. The third-order valence-electron chi connectivity index (χ3n) is 3.09. The van der Waals surface area contributed by atoms with E-state index in [1.807, 2.05) is 12.1 Å². The number of epoxide rings is 2. The van der Waals surface area contributed by atoms with Gasteiger partial charge in [-0.15, -0.1) is 0 Å². The SMILES string of the molecule is C(OCC1CO1)C1CO1.C=Cc1cc(CO)cc(CO)c1. The van der Waals surface area contributed by atoms with Crippen LogP contribution in [0.2, 0.25) is 0 Å². The van der Waals surface area contributed by atoms with Gasteiger partial charge in [0.2, 0.25) is 0 Å². The molecule has 3 rings (SSSR count). The van der Waals surface area contributed by atoms with E-state index in [2.05, 4.69) is 6.58 Å². The van der Waals surface area contributed by atoms with Crippen molar-refractivity contribution in [2.75, 3.05) is 26.4 Å². The van der Waals surface area contributed by atoms with Gasteiger partial charge in [0, 0.05) is 0 Å². The van der Waals surface area contributed by atoms with Crippen LogP contribution in [-0.2, 0) is 27.4 Å². The van der Waals surface area contributed by atoms with Gasteiger partial charge in [-0.05, 0) is 28.8 Å². The average molecular weight is 294 g/mol. The normalized spacial score (nSPS) is 22.2. The first-order valence-corrected chi connectivity index (χ1v) is 7.03. The fourth-order valence-electron chi connectivity index (χ4n) is 1.75. The van der Waals surface area contributed by atoms with E-state index in [0.29, 0.717) is 12.2 Å². The zero-order valence-electron chi connectivity index (χ0n) is 12.0. The molecule has 0 saturated carbocycles. The zero-order valence-corrected chi connectivity index (χ0v) is 12.0. The molecule has 5 heteroatoms. The Labute approximate surface area is 124 Å². The molecule has 2 aliphatic heterocycles. The summed E-state index contributed by atoms with van der Waals surface area (Å²) in [6.45, 7) is 6.87. The molecule has 21 heavy (non-hydrogen) atoms. The number of hydrogen-bond donors (Lipinski definition) is 2. The van der Waals surface area contributed by atoms with Crippen LogP contribution in [0.5, 0.6) is 0 Å². The van der Waals surface area contributed by atoms with E-state index in [1.54, 1.807) is 12.1 Å². The fraction of sp³-hybridized carbons (Fsp3) is 0.500. The molecule has 0 aliphatic carbocycles. The second-order valence-corrected chi connectivity index (χ2v) is 5.05. The maximum absolute atomic E-state index is 8.86. The first-order chi connectivity index (χ1) is 10.2. The molecule has 116 valence electrons. The molecule has 0 bridgehead atoms. The Kier molecular flexibility index (Phi) is 6.35. The van der Waals surface area contributed by atoms with Crippen LogP contribution in [0.4, 0.5) is 0 Å². The number of rotatable bonds is 7. The lowest BCUT2D eigenvalue weighted by Gasteiger charge is -2.02. The van der Waals surface area contributed by atoms with Crippen molar-refractivity contribution in [2.45, 2.75) is 25.4 Å². The third-order valence-corrected chi connectivity index (χ3v) is 3.09. The Morgan fingerprint density at radius 2 is 1.52 bits per heavy atom. The molecule has 1 aromatic carbocycles. The van der Waals surface area contributed by atoms with Crippen LogP contribution in [0, 0.1) is 0 Å². The highest BCUT2D eigenvalue weighted by molar-refractivity contribution is 5.49. The summed E-state index contributed by atoms with van der Waals surface area (Å²) in [7, 11) is 0. The standard InChI is InChI=1S/C10H12O2.C6H10O3/c1-2-8-3-9(6-11)5-10(4-8)7-12;1(5-3-8-5)7-2-6-4-9-6/h2-5,11-12H,1,6-7H2;5-6H,1-4H2. The van der Waals surface area contributed by atoms with E-state index in [-0.39, 0.29) is 13.2 Å². The highest BCUT2D eigenvalue weighted by Crippen LogP contribution is 2.12. The van der Waals surface area contributed by atoms with E-state index < -0.39 is 0 Å². The molecule has 0 amide bonds. The summed E-state index contributed by atoms with van der Waals surface area (Å²) in [6.07, 6.45) is 2.48. The van der Waals surface area contributed by atoms with E-state index in [0.717, 1.165) is 43.1 Å². The highest BCUT2D eigenvalue weighted by Gasteiger charge is 2.26. The second-order valence-electron chi connectivity index (χ2n) is 5.05. The maximum Gasteiger partial charge on any atom is 0.104 e. The highest BCUT2D eigenvalue weighted by atomic mass is 16.6. The molecule has 0 spiro atoms. The van der Waals surface area contributed by atoms with Crippen LogP contribution in [-0.4, -0.2) is 48.8 Å². The Morgan fingerprint density at radius 1 is 1.05 bits per heavy atom. The summed E-state index contributed by atoms with van der Waals surface area (Å²) in [5, 5.41) is 17.7. The van der Waals surface area contributed by atoms with Crippen LogP contribution >= 0.6 is 0 Å². The van der Waals surface area contributed by atoms with Crippen molar-refractivity contribution in [3.8, 4) is 0 Å². The molecule has 2 atom stereocenters. The van der Waals surface area contributed by atoms with Gasteiger partial charge >= 0.3 is 0 Å². The van der Waals surface area contributed by atoms with Crippen LogP contribution in [0.3, 0.4) is 0 Å². The maximum atomic E-state index is 8.86. The molecule has 1 aromatic rings. The van der Waals surface area contributed by atoms with Gasteiger partial charge in [0.15, 0.2) is 0 Å². The first kappa shape index (κ1) is 16.1. The molecule has 2 unspecified atom stereocenters.